The number of ether oxygens (including phenoxy) is 2. The average molecular weight is 264 g/mol. The van der Waals surface area contributed by atoms with Crippen molar-refractivity contribution in [2.75, 3.05) is 6.61 Å². The first-order valence-corrected chi connectivity index (χ1v) is 6.02. The second-order valence-corrected chi connectivity index (χ2v) is 5.23. The summed E-state index contributed by atoms with van der Waals surface area (Å²) in [6.07, 6.45) is -2.37. The number of carbonyl (C=O) groups is 2. The third kappa shape index (κ3) is 2.76. The summed E-state index contributed by atoms with van der Waals surface area (Å²) in [5, 5.41) is 9.88. The standard InChI is InChI=1S/C14H16O5/c1-14(2)8-18-13(17)11(14)19-12(16)10(15)9-6-4-3-5-7-9/h3-7,10-11,15H,8H2,1-2H3/t10-,11-/m0/s1. The molecule has 1 aliphatic heterocycles. The molecule has 0 amide bonds. The zero-order chi connectivity index (χ0) is 14.0. The molecular weight excluding hydrogens is 248 g/mol. The van der Waals surface area contributed by atoms with Crippen LogP contribution in [-0.4, -0.2) is 29.8 Å². The molecule has 1 fully saturated rings. The van der Waals surface area contributed by atoms with Gasteiger partial charge in [0.2, 0.25) is 6.10 Å². The maximum atomic E-state index is 11.9. The fourth-order valence-electron chi connectivity index (χ4n) is 1.89. The lowest BCUT2D eigenvalue weighted by Gasteiger charge is -2.22. The molecule has 102 valence electrons. The fourth-order valence-corrected chi connectivity index (χ4v) is 1.89. The third-order valence-corrected chi connectivity index (χ3v) is 3.08. The van der Waals surface area contributed by atoms with E-state index in [1.54, 1.807) is 44.2 Å². The minimum atomic E-state index is -1.40. The van der Waals surface area contributed by atoms with E-state index in [2.05, 4.69) is 0 Å². The van der Waals surface area contributed by atoms with Gasteiger partial charge in [-0.15, -0.1) is 0 Å². The number of aliphatic hydroxyl groups excluding tert-OH is 1. The second-order valence-electron chi connectivity index (χ2n) is 5.23. The number of esters is 2. The highest BCUT2D eigenvalue weighted by atomic mass is 16.6. The molecule has 1 N–H and O–H groups in total. The number of aliphatic hydroxyl groups is 1. The van der Waals surface area contributed by atoms with Crippen molar-refractivity contribution in [3.63, 3.8) is 0 Å². The van der Waals surface area contributed by atoms with Gasteiger partial charge in [0.25, 0.3) is 0 Å². The highest BCUT2D eigenvalue weighted by molar-refractivity contribution is 5.83. The highest BCUT2D eigenvalue weighted by Gasteiger charge is 2.47. The van der Waals surface area contributed by atoms with Crippen molar-refractivity contribution in [1.29, 1.82) is 0 Å². The highest BCUT2D eigenvalue weighted by Crippen LogP contribution is 2.32. The predicted octanol–water partition coefficient (Wildman–Crippen LogP) is 1.21. The van der Waals surface area contributed by atoms with Crippen molar-refractivity contribution in [3.05, 3.63) is 35.9 Å². The molecule has 0 unspecified atom stereocenters. The molecule has 1 saturated heterocycles. The average Bonchev–Trinajstić information content (AvgIpc) is 2.65. The Kier molecular flexibility index (Phi) is 3.57. The van der Waals surface area contributed by atoms with E-state index in [1.807, 2.05) is 0 Å². The summed E-state index contributed by atoms with van der Waals surface area (Å²) in [5.41, 5.74) is -0.153. The summed E-state index contributed by atoms with van der Waals surface area (Å²) in [6.45, 7) is 3.74. The Morgan fingerprint density at radius 1 is 1.42 bits per heavy atom. The number of rotatable bonds is 3. The first-order chi connectivity index (χ1) is 8.92. The molecular formula is C14H16O5. The zero-order valence-corrected chi connectivity index (χ0v) is 10.8. The van der Waals surface area contributed by atoms with Gasteiger partial charge in [0.15, 0.2) is 6.10 Å². The molecule has 0 aromatic heterocycles. The third-order valence-electron chi connectivity index (χ3n) is 3.08. The van der Waals surface area contributed by atoms with Crippen molar-refractivity contribution in [3.8, 4) is 0 Å². The van der Waals surface area contributed by atoms with Crippen molar-refractivity contribution >= 4 is 11.9 Å². The van der Waals surface area contributed by atoms with E-state index in [4.69, 9.17) is 9.47 Å². The molecule has 5 heteroatoms. The van der Waals surface area contributed by atoms with Crippen LogP contribution >= 0.6 is 0 Å². The Balaban J connectivity index is 2.07. The maximum Gasteiger partial charge on any atom is 0.348 e. The van der Waals surface area contributed by atoms with Crippen LogP contribution in [0.3, 0.4) is 0 Å². The van der Waals surface area contributed by atoms with E-state index in [9.17, 15) is 14.7 Å². The minimum absolute atomic E-state index is 0.200. The summed E-state index contributed by atoms with van der Waals surface area (Å²) in [6, 6.07) is 8.42. The Labute approximate surface area is 111 Å². The number of benzene rings is 1. The Morgan fingerprint density at radius 2 is 2.05 bits per heavy atom. The quantitative estimate of drug-likeness (QED) is 0.831. The van der Waals surface area contributed by atoms with Gasteiger partial charge < -0.3 is 14.6 Å². The molecule has 19 heavy (non-hydrogen) atoms. The topological polar surface area (TPSA) is 72.8 Å². The van der Waals surface area contributed by atoms with E-state index in [0.717, 1.165) is 0 Å². The molecule has 0 radical (unpaired) electrons. The van der Waals surface area contributed by atoms with Crippen LogP contribution in [-0.2, 0) is 19.1 Å². The molecule has 1 aromatic rings. The number of hydrogen-bond acceptors (Lipinski definition) is 5. The van der Waals surface area contributed by atoms with Gasteiger partial charge in [-0.25, -0.2) is 9.59 Å². The van der Waals surface area contributed by atoms with Crippen LogP contribution < -0.4 is 0 Å². The molecule has 1 aromatic carbocycles. The number of cyclic esters (lactones) is 1. The first-order valence-electron chi connectivity index (χ1n) is 6.02. The Hall–Kier alpha value is -1.88. The van der Waals surface area contributed by atoms with Crippen LogP contribution in [0.1, 0.15) is 25.5 Å². The molecule has 0 spiro atoms. The largest absolute Gasteiger partial charge is 0.462 e. The van der Waals surface area contributed by atoms with E-state index in [0.29, 0.717) is 5.56 Å². The van der Waals surface area contributed by atoms with Crippen molar-refractivity contribution < 1.29 is 24.2 Å². The first kappa shape index (κ1) is 13.5. The number of carbonyl (C=O) groups excluding carboxylic acids is 2. The molecule has 5 nitrogen and oxygen atoms in total. The van der Waals surface area contributed by atoms with E-state index in [-0.39, 0.29) is 6.61 Å². The fraction of sp³-hybridized carbons (Fsp3) is 0.429. The summed E-state index contributed by atoms with van der Waals surface area (Å²) >= 11 is 0. The van der Waals surface area contributed by atoms with Crippen molar-refractivity contribution in [2.45, 2.75) is 26.1 Å². The van der Waals surface area contributed by atoms with E-state index >= 15 is 0 Å². The Bertz CT molecular complexity index is 480. The normalized spacial score (nSPS) is 22.7. The molecule has 1 aliphatic rings. The maximum absolute atomic E-state index is 11.9. The lowest BCUT2D eigenvalue weighted by atomic mass is 9.90. The Morgan fingerprint density at radius 3 is 2.58 bits per heavy atom. The van der Waals surface area contributed by atoms with Crippen molar-refractivity contribution in [2.24, 2.45) is 5.41 Å². The lowest BCUT2D eigenvalue weighted by molar-refractivity contribution is -0.170. The predicted molar refractivity (Wildman–Crippen MR) is 66.0 cm³/mol. The van der Waals surface area contributed by atoms with Crippen LogP contribution in [0.5, 0.6) is 0 Å². The summed E-state index contributed by atoms with van der Waals surface area (Å²) in [5.74, 6) is -1.42. The van der Waals surface area contributed by atoms with Gasteiger partial charge in [0.05, 0.1) is 0 Å². The minimum Gasteiger partial charge on any atom is -0.462 e. The summed E-state index contributed by atoms with van der Waals surface area (Å²) in [4.78, 5) is 23.4. The van der Waals surface area contributed by atoms with Gasteiger partial charge in [-0.2, -0.15) is 0 Å². The van der Waals surface area contributed by atoms with Gasteiger partial charge in [-0.1, -0.05) is 44.2 Å². The summed E-state index contributed by atoms with van der Waals surface area (Å²) < 4.78 is 9.96. The van der Waals surface area contributed by atoms with Gasteiger partial charge in [-0.05, 0) is 5.56 Å². The van der Waals surface area contributed by atoms with Crippen LogP contribution in [0.2, 0.25) is 0 Å². The van der Waals surface area contributed by atoms with Crippen molar-refractivity contribution in [1.82, 2.24) is 0 Å². The van der Waals surface area contributed by atoms with Crippen LogP contribution in [0.15, 0.2) is 30.3 Å². The molecule has 0 aliphatic carbocycles. The van der Waals surface area contributed by atoms with Gasteiger partial charge in [0.1, 0.15) is 6.61 Å². The SMILES string of the molecule is CC1(C)COC(=O)[C@@H]1OC(=O)[C@@H](O)c1ccccc1. The monoisotopic (exact) mass is 264 g/mol. The molecule has 2 rings (SSSR count). The van der Waals surface area contributed by atoms with Gasteiger partial charge in [-0.3, -0.25) is 0 Å². The van der Waals surface area contributed by atoms with Crippen LogP contribution in [0, 0.1) is 5.41 Å². The van der Waals surface area contributed by atoms with Gasteiger partial charge in [0, 0.05) is 5.41 Å². The second kappa shape index (κ2) is 5.01. The smallest absolute Gasteiger partial charge is 0.348 e. The van der Waals surface area contributed by atoms with E-state index in [1.165, 1.54) is 0 Å². The molecule has 0 bridgehead atoms. The van der Waals surface area contributed by atoms with Crippen LogP contribution in [0.4, 0.5) is 0 Å². The summed E-state index contributed by atoms with van der Waals surface area (Å²) in [7, 11) is 0. The van der Waals surface area contributed by atoms with Crippen LogP contribution in [0.25, 0.3) is 0 Å². The zero-order valence-electron chi connectivity index (χ0n) is 10.8. The van der Waals surface area contributed by atoms with E-state index < -0.39 is 29.6 Å². The van der Waals surface area contributed by atoms with Gasteiger partial charge >= 0.3 is 11.9 Å². The molecule has 2 atom stereocenters. The molecule has 0 saturated carbocycles. The number of hydrogen-bond donors (Lipinski definition) is 1. The molecule has 1 heterocycles. The lowest BCUT2D eigenvalue weighted by Crippen LogP contribution is -2.36.